The molecular weight excluding hydrogens is 270 g/mol. The number of aryl methyl sites for hydroxylation is 1. The van der Waals surface area contributed by atoms with Crippen LogP contribution in [0.4, 0.5) is 5.13 Å². The number of anilines is 1. The molecule has 0 aliphatic rings. The van der Waals surface area contributed by atoms with Gasteiger partial charge in [-0.25, -0.2) is 4.98 Å². The number of nitrogens with zero attached hydrogens (tertiary/aromatic N) is 2. The van der Waals surface area contributed by atoms with E-state index in [2.05, 4.69) is 16.0 Å². The van der Waals surface area contributed by atoms with Crippen LogP contribution in [0, 0.1) is 6.92 Å². The number of thiazole rings is 1. The van der Waals surface area contributed by atoms with Crippen LogP contribution in [-0.2, 0) is 6.54 Å². The molecule has 1 heterocycles. The minimum Gasteiger partial charge on any atom is -0.497 e. The van der Waals surface area contributed by atoms with Gasteiger partial charge >= 0.3 is 0 Å². The largest absolute Gasteiger partial charge is 0.497 e. The summed E-state index contributed by atoms with van der Waals surface area (Å²) in [5.74, 6) is 0.877. The summed E-state index contributed by atoms with van der Waals surface area (Å²) in [7, 11) is 3.73. The molecule has 1 unspecified atom stereocenters. The molecule has 0 aliphatic carbocycles. The lowest BCUT2D eigenvalue weighted by Crippen LogP contribution is -2.16. The minimum absolute atomic E-state index is 0.0338. The monoisotopic (exact) mass is 291 g/mol. The van der Waals surface area contributed by atoms with E-state index < -0.39 is 0 Å². The fourth-order valence-corrected chi connectivity index (χ4v) is 3.07. The van der Waals surface area contributed by atoms with Crippen LogP contribution >= 0.6 is 11.3 Å². The molecule has 2 N–H and O–H groups in total. The highest BCUT2D eigenvalue weighted by atomic mass is 32.1. The molecule has 0 saturated heterocycles. The number of nitrogens with two attached hydrogens (primary N) is 1. The molecule has 5 heteroatoms. The maximum absolute atomic E-state index is 5.95. The Morgan fingerprint density at radius 2 is 2.20 bits per heavy atom. The number of ether oxygens (including phenoxy) is 1. The Hall–Kier alpha value is -1.59. The molecule has 108 valence electrons. The van der Waals surface area contributed by atoms with E-state index >= 15 is 0 Å². The molecule has 0 saturated carbocycles. The van der Waals surface area contributed by atoms with Gasteiger partial charge in [-0.2, -0.15) is 0 Å². The third-order valence-corrected chi connectivity index (χ3v) is 4.59. The summed E-state index contributed by atoms with van der Waals surface area (Å²) in [5, 5.41) is 0.998. The average Bonchev–Trinajstić information content (AvgIpc) is 2.81. The molecule has 0 bridgehead atoms. The van der Waals surface area contributed by atoms with Crippen molar-refractivity contribution in [2.24, 2.45) is 5.73 Å². The van der Waals surface area contributed by atoms with Gasteiger partial charge in [0.05, 0.1) is 12.8 Å². The first-order chi connectivity index (χ1) is 9.51. The van der Waals surface area contributed by atoms with Gasteiger partial charge in [-0.1, -0.05) is 12.1 Å². The molecule has 20 heavy (non-hydrogen) atoms. The van der Waals surface area contributed by atoms with E-state index in [1.165, 1.54) is 5.56 Å². The zero-order valence-electron chi connectivity index (χ0n) is 12.4. The molecule has 0 amide bonds. The molecule has 1 aromatic carbocycles. The Labute approximate surface area is 124 Å². The fraction of sp³-hybridized carbons (Fsp3) is 0.400. The molecule has 1 aromatic heterocycles. The quantitative estimate of drug-likeness (QED) is 0.919. The van der Waals surface area contributed by atoms with Gasteiger partial charge in [0.15, 0.2) is 5.13 Å². The SMILES string of the molecule is COc1cccc(CN(C)c2nc(C)c(C(C)N)s2)c1. The number of hydrogen-bond acceptors (Lipinski definition) is 5. The van der Waals surface area contributed by atoms with Crippen molar-refractivity contribution < 1.29 is 4.74 Å². The maximum Gasteiger partial charge on any atom is 0.185 e. The lowest BCUT2D eigenvalue weighted by Gasteiger charge is -2.16. The van der Waals surface area contributed by atoms with Crippen molar-refractivity contribution in [2.45, 2.75) is 26.4 Å². The Bertz CT molecular complexity index is 580. The first-order valence-corrected chi connectivity index (χ1v) is 7.40. The first kappa shape index (κ1) is 14.8. The Kier molecular flexibility index (Phi) is 4.62. The predicted octanol–water partition coefficient (Wildman–Crippen LogP) is 3.12. The summed E-state index contributed by atoms with van der Waals surface area (Å²) in [6.07, 6.45) is 0. The summed E-state index contributed by atoms with van der Waals surface area (Å²) in [6, 6.07) is 8.12. The summed E-state index contributed by atoms with van der Waals surface area (Å²) in [4.78, 5) is 7.89. The van der Waals surface area contributed by atoms with Crippen molar-refractivity contribution in [3.05, 3.63) is 40.4 Å². The van der Waals surface area contributed by atoms with Gasteiger partial charge in [-0.3, -0.25) is 0 Å². The van der Waals surface area contributed by atoms with E-state index in [4.69, 9.17) is 10.5 Å². The van der Waals surface area contributed by atoms with Gasteiger partial charge in [0.25, 0.3) is 0 Å². The molecule has 4 nitrogen and oxygen atoms in total. The van der Waals surface area contributed by atoms with Gasteiger partial charge in [-0.05, 0) is 31.5 Å². The lowest BCUT2D eigenvalue weighted by atomic mass is 10.2. The van der Waals surface area contributed by atoms with Crippen molar-refractivity contribution >= 4 is 16.5 Å². The summed E-state index contributed by atoms with van der Waals surface area (Å²) < 4.78 is 5.25. The van der Waals surface area contributed by atoms with Crippen molar-refractivity contribution in [3.63, 3.8) is 0 Å². The Balaban J connectivity index is 2.15. The van der Waals surface area contributed by atoms with Crippen molar-refractivity contribution in [3.8, 4) is 5.75 Å². The van der Waals surface area contributed by atoms with Crippen molar-refractivity contribution in [2.75, 3.05) is 19.1 Å². The minimum atomic E-state index is 0.0338. The first-order valence-electron chi connectivity index (χ1n) is 6.58. The predicted molar refractivity (Wildman–Crippen MR) is 84.6 cm³/mol. The number of methoxy groups -OCH3 is 1. The highest BCUT2D eigenvalue weighted by Gasteiger charge is 2.14. The topological polar surface area (TPSA) is 51.4 Å². The third kappa shape index (κ3) is 3.29. The normalized spacial score (nSPS) is 12.2. The van der Waals surface area contributed by atoms with E-state index in [0.29, 0.717) is 0 Å². The number of benzene rings is 1. The summed E-state index contributed by atoms with van der Waals surface area (Å²) in [6.45, 7) is 4.80. The van der Waals surface area contributed by atoms with Gasteiger partial charge < -0.3 is 15.4 Å². The van der Waals surface area contributed by atoms with E-state index in [9.17, 15) is 0 Å². The number of hydrogen-bond donors (Lipinski definition) is 1. The van der Waals surface area contributed by atoms with Crippen LogP contribution in [0.25, 0.3) is 0 Å². The van der Waals surface area contributed by atoms with Crippen LogP contribution in [0.3, 0.4) is 0 Å². The van der Waals surface area contributed by atoms with Crippen LogP contribution in [0.5, 0.6) is 5.75 Å². The average molecular weight is 291 g/mol. The van der Waals surface area contributed by atoms with Crippen molar-refractivity contribution in [1.29, 1.82) is 0 Å². The Morgan fingerprint density at radius 3 is 2.80 bits per heavy atom. The van der Waals surface area contributed by atoms with Gasteiger partial charge in [0, 0.05) is 24.5 Å². The molecule has 0 radical (unpaired) electrons. The smallest absolute Gasteiger partial charge is 0.185 e. The molecule has 0 aliphatic heterocycles. The summed E-state index contributed by atoms with van der Waals surface area (Å²) >= 11 is 1.66. The second kappa shape index (κ2) is 6.24. The third-order valence-electron chi connectivity index (χ3n) is 3.12. The molecule has 2 aromatic rings. The van der Waals surface area contributed by atoms with E-state index in [1.54, 1.807) is 18.4 Å². The fourth-order valence-electron chi connectivity index (χ4n) is 2.09. The van der Waals surface area contributed by atoms with E-state index in [0.717, 1.165) is 28.0 Å². The number of rotatable bonds is 5. The lowest BCUT2D eigenvalue weighted by molar-refractivity contribution is 0.414. The highest BCUT2D eigenvalue weighted by Crippen LogP contribution is 2.30. The van der Waals surface area contributed by atoms with Gasteiger partial charge in [0.1, 0.15) is 5.75 Å². The maximum atomic E-state index is 5.95. The molecular formula is C15H21N3OS. The second-order valence-corrected chi connectivity index (χ2v) is 5.95. The standard InChI is InChI=1S/C15H21N3OS/c1-10(16)14-11(2)17-15(20-14)18(3)9-12-6-5-7-13(8-12)19-4/h5-8,10H,9,16H2,1-4H3. The number of aromatic nitrogens is 1. The van der Waals surface area contributed by atoms with Crippen LogP contribution in [0.2, 0.25) is 0 Å². The van der Waals surface area contributed by atoms with Gasteiger partial charge in [0.2, 0.25) is 0 Å². The molecule has 1 atom stereocenters. The highest BCUT2D eigenvalue weighted by molar-refractivity contribution is 7.15. The van der Waals surface area contributed by atoms with E-state index in [1.807, 2.05) is 39.1 Å². The van der Waals surface area contributed by atoms with Crippen molar-refractivity contribution in [1.82, 2.24) is 4.98 Å². The zero-order chi connectivity index (χ0) is 14.7. The Morgan fingerprint density at radius 1 is 1.45 bits per heavy atom. The van der Waals surface area contributed by atoms with Gasteiger partial charge in [-0.15, -0.1) is 11.3 Å². The molecule has 0 spiro atoms. The van der Waals surface area contributed by atoms with E-state index in [-0.39, 0.29) is 6.04 Å². The van der Waals surface area contributed by atoms with Crippen LogP contribution in [0.15, 0.2) is 24.3 Å². The van der Waals surface area contributed by atoms with Crippen LogP contribution in [-0.4, -0.2) is 19.1 Å². The van der Waals surface area contributed by atoms with Crippen LogP contribution < -0.4 is 15.4 Å². The zero-order valence-corrected chi connectivity index (χ0v) is 13.2. The summed E-state index contributed by atoms with van der Waals surface area (Å²) in [5.41, 5.74) is 8.18. The van der Waals surface area contributed by atoms with Crippen LogP contribution in [0.1, 0.15) is 29.1 Å². The molecule has 0 fully saturated rings. The second-order valence-electron chi connectivity index (χ2n) is 4.94. The molecule has 2 rings (SSSR count).